The number of hydrogen-bond acceptors (Lipinski definition) is 4. The Bertz CT molecular complexity index is 873. The summed E-state index contributed by atoms with van der Waals surface area (Å²) in [4.78, 5) is 0. The first-order valence-corrected chi connectivity index (χ1v) is 7.26. The highest BCUT2D eigenvalue weighted by Crippen LogP contribution is 2.42. The number of aliphatic hydroxyl groups is 4. The Morgan fingerprint density at radius 1 is 0.591 bits per heavy atom. The standard InChI is InChI=1S/C18H16O4/c19-15-13-8-7-11-10-4-2-1-3-9(10)5-6-12(11)14(13)16(20)18(22)17(15)21/h1-8,15-22H/t15-,16-,17+,18+/m1/s1. The Labute approximate surface area is 126 Å². The lowest BCUT2D eigenvalue weighted by atomic mass is 9.80. The zero-order valence-corrected chi connectivity index (χ0v) is 11.7. The Morgan fingerprint density at radius 3 is 2.09 bits per heavy atom. The van der Waals surface area contributed by atoms with Crippen LogP contribution in [0.5, 0.6) is 0 Å². The van der Waals surface area contributed by atoms with Gasteiger partial charge in [-0.25, -0.2) is 0 Å². The van der Waals surface area contributed by atoms with Gasteiger partial charge in [0.1, 0.15) is 24.4 Å². The Kier molecular flexibility index (Phi) is 2.96. The fourth-order valence-corrected chi connectivity index (χ4v) is 3.44. The van der Waals surface area contributed by atoms with Crippen LogP contribution in [0, 0.1) is 0 Å². The maximum absolute atomic E-state index is 10.4. The molecule has 4 heteroatoms. The summed E-state index contributed by atoms with van der Waals surface area (Å²) < 4.78 is 0. The highest BCUT2D eigenvalue weighted by molar-refractivity contribution is 6.08. The first-order valence-electron chi connectivity index (χ1n) is 7.26. The van der Waals surface area contributed by atoms with E-state index in [1.807, 2.05) is 42.5 Å². The van der Waals surface area contributed by atoms with Gasteiger partial charge in [-0.15, -0.1) is 0 Å². The molecule has 0 radical (unpaired) electrons. The number of benzene rings is 3. The fourth-order valence-electron chi connectivity index (χ4n) is 3.44. The SMILES string of the molecule is O[C@@H]1[C@@H](O)[C@H](O)c2c(ccc3c2ccc2ccccc23)[C@H]1O. The molecule has 0 unspecified atom stereocenters. The van der Waals surface area contributed by atoms with Crippen molar-refractivity contribution in [2.24, 2.45) is 0 Å². The minimum absolute atomic E-state index is 0.466. The predicted octanol–water partition coefficient (Wildman–Crippen LogP) is 1.80. The molecular formula is C18H16O4. The lowest BCUT2D eigenvalue weighted by Gasteiger charge is -2.35. The summed E-state index contributed by atoms with van der Waals surface area (Å²) in [6, 6.07) is 15.4. The molecule has 0 saturated heterocycles. The minimum Gasteiger partial charge on any atom is -0.387 e. The number of aliphatic hydroxyl groups excluding tert-OH is 4. The molecule has 4 nitrogen and oxygen atoms in total. The molecule has 1 aliphatic rings. The van der Waals surface area contributed by atoms with E-state index >= 15 is 0 Å². The van der Waals surface area contributed by atoms with Gasteiger partial charge in [0.05, 0.1) is 0 Å². The van der Waals surface area contributed by atoms with Crippen molar-refractivity contribution in [1.82, 2.24) is 0 Å². The zero-order chi connectivity index (χ0) is 15.4. The monoisotopic (exact) mass is 296 g/mol. The van der Waals surface area contributed by atoms with Gasteiger partial charge in [0.2, 0.25) is 0 Å². The van der Waals surface area contributed by atoms with Crippen LogP contribution in [-0.4, -0.2) is 32.6 Å². The van der Waals surface area contributed by atoms with Crippen LogP contribution in [0.1, 0.15) is 23.3 Å². The second-order valence-electron chi connectivity index (χ2n) is 5.82. The van der Waals surface area contributed by atoms with Crippen molar-refractivity contribution in [3.8, 4) is 0 Å². The molecule has 4 atom stereocenters. The maximum Gasteiger partial charge on any atom is 0.113 e. The molecule has 3 aromatic rings. The quantitative estimate of drug-likeness (QED) is 0.477. The van der Waals surface area contributed by atoms with E-state index in [4.69, 9.17) is 0 Å². The van der Waals surface area contributed by atoms with Gasteiger partial charge in [-0.05, 0) is 32.7 Å². The van der Waals surface area contributed by atoms with Crippen LogP contribution in [0.15, 0.2) is 48.5 Å². The number of hydrogen-bond donors (Lipinski definition) is 4. The molecule has 0 aromatic heterocycles. The Hall–Kier alpha value is -1.98. The summed E-state index contributed by atoms with van der Waals surface area (Å²) >= 11 is 0. The van der Waals surface area contributed by atoms with Crippen LogP contribution in [-0.2, 0) is 0 Å². The van der Waals surface area contributed by atoms with Gasteiger partial charge in [0.15, 0.2) is 0 Å². The maximum atomic E-state index is 10.4. The van der Waals surface area contributed by atoms with E-state index in [0.717, 1.165) is 21.5 Å². The molecule has 1 aliphatic carbocycles. The first-order chi connectivity index (χ1) is 10.6. The average Bonchev–Trinajstić information content (AvgIpc) is 2.56. The second kappa shape index (κ2) is 4.76. The molecule has 0 bridgehead atoms. The third-order valence-electron chi connectivity index (χ3n) is 4.61. The summed E-state index contributed by atoms with van der Waals surface area (Å²) in [6.45, 7) is 0. The van der Waals surface area contributed by atoms with Crippen molar-refractivity contribution in [2.45, 2.75) is 24.4 Å². The lowest BCUT2D eigenvalue weighted by Crippen LogP contribution is -2.41. The molecule has 0 spiro atoms. The third-order valence-corrected chi connectivity index (χ3v) is 4.61. The van der Waals surface area contributed by atoms with Crippen LogP contribution in [0.25, 0.3) is 21.5 Å². The molecule has 0 amide bonds. The van der Waals surface area contributed by atoms with Crippen LogP contribution < -0.4 is 0 Å². The van der Waals surface area contributed by atoms with Crippen LogP contribution in [0.3, 0.4) is 0 Å². The van der Waals surface area contributed by atoms with Crippen molar-refractivity contribution >= 4 is 21.5 Å². The predicted molar refractivity (Wildman–Crippen MR) is 83.4 cm³/mol. The summed E-state index contributed by atoms with van der Waals surface area (Å²) in [5.41, 5.74) is 0.960. The molecular weight excluding hydrogens is 280 g/mol. The molecule has 4 N–H and O–H groups in total. The van der Waals surface area contributed by atoms with Gasteiger partial charge in [-0.2, -0.15) is 0 Å². The van der Waals surface area contributed by atoms with E-state index in [1.165, 1.54) is 0 Å². The van der Waals surface area contributed by atoms with Crippen molar-refractivity contribution in [3.63, 3.8) is 0 Å². The zero-order valence-electron chi connectivity index (χ0n) is 11.7. The lowest BCUT2D eigenvalue weighted by molar-refractivity contribution is -0.119. The smallest absolute Gasteiger partial charge is 0.113 e. The number of rotatable bonds is 0. The molecule has 0 saturated carbocycles. The largest absolute Gasteiger partial charge is 0.387 e. The normalized spacial score (nSPS) is 28.0. The van der Waals surface area contributed by atoms with E-state index in [0.29, 0.717) is 11.1 Å². The van der Waals surface area contributed by atoms with Crippen molar-refractivity contribution in [2.75, 3.05) is 0 Å². The molecule has 112 valence electrons. The van der Waals surface area contributed by atoms with E-state index in [9.17, 15) is 20.4 Å². The summed E-state index contributed by atoms with van der Waals surface area (Å²) in [7, 11) is 0. The van der Waals surface area contributed by atoms with Gasteiger partial charge < -0.3 is 20.4 Å². The highest BCUT2D eigenvalue weighted by atomic mass is 16.4. The van der Waals surface area contributed by atoms with E-state index in [-0.39, 0.29) is 0 Å². The molecule has 4 rings (SSSR count). The molecule has 0 aliphatic heterocycles. The Balaban J connectivity index is 2.10. The average molecular weight is 296 g/mol. The van der Waals surface area contributed by atoms with E-state index in [1.54, 1.807) is 6.07 Å². The van der Waals surface area contributed by atoms with Gasteiger partial charge in [-0.1, -0.05) is 48.5 Å². The van der Waals surface area contributed by atoms with Gasteiger partial charge in [0.25, 0.3) is 0 Å². The molecule has 0 heterocycles. The van der Waals surface area contributed by atoms with Crippen LogP contribution in [0.4, 0.5) is 0 Å². The first kappa shape index (κ1) is 13.7. The third kappa shape index (κ3) is 1.72. The van der Waals surface area contributed by atoms with Gasteiger partial charge in [0, 0.05) is 0 Å². The van der Waals surface area contributed by atoms with Crippen molar-refractivity contribution < 1.29 is 20.4 Å². The minimum atomic E-state index is -1.40. The van der Waals surface area contributed by atoms with Gasteiger partial charge >= 0.3 is 0 Å². The van der Waals surface area contributed by atoms with E-state index in [2.05, 4.69) is 0 Å². The van der Waals surface area contributed by atoms with E-state index < -0.39 is 24.4 Å². The summed E-state index contributed by atoms with van der Waals surface area (Å²) in [5, 5.41) is 44.2. The number of fused-ring (bicyclic) bond motifs is 5. The van der Waals surface area contributed by atoms with Crippen LogP contribution >= 0.6 is 0 Å². The van der Waals surface area contributed by atoms with Gasteiger partial charge in [-0.3, -0.25) is 0 Å². The fraction of sp³-hybridized carbons (Fsp3) is 0.222. The van der Waals surface area contributed by atoms with Crippen molar-refractivity contribution in [1.29, 1.82) is 0 Å². The molecule has 22 heavy (non-hydrogen) atoms. The molecule has 3 aromatic carbocycles. The summed E-state index contributed by atoms with van der Waals surface area (Å²) in [6.07, 6.45) is -5.22. The topological polar surface area (TPSA) is 80.9 Å². The second-order valence-corrected chi connectivity index (χ2v) is 5.82. The highest BCUT2D eigenvalue weighted by Gasteiger charge is 2.40. The van der Waals surface area contributed by atoms with Crippen molar-refractivity contribution in [3.05, 3.63) is 59.7 Å². The summed E-state index contributed by atoms with van der Waals surface area (Å²) in [5.74, 6) is 0. The molecule has 0 fully saturated rings. The Morgan fingerprint density at radius 2 is 1.27 bits per heavy atom. The van der Waals surface area contributed by atoms with Crippen LogP contribution in [0.2, 0.25) is 0 Å².